The number of carbonyl (C=O) groups excluding carboxylic acids is 2. The van der Waals surface area contributed by atoms with Gasteiger partial charge in [-0.05, 0) is 43.3 Å². The van der Waals surface area contributed by atoms with E-state index in [2.05, 4.69) is 23.6 Å². The average Bonchev–Trinajstić information content (AvgIpc) is 3.14. The van der Waals surface area contributed by atoms with Gasteiger partial charge in [0.05, 0.1) is 21.8 Å². The maximum Gasteiger partial charge on any atom is 0.267 e. The molecule has 0 aliphatic carbocycles. The molecule has 0 atom stereocenters. The number of fused-ring (bicyclic) bond motifs is 4. The Kier molecular flexibility index (Phi) is 3.39. The summed E-state index contributed by atoms with van der Waals surface area (Å²) < 4.78 is 2.23. The van der Waals surface area contributed by atoms with Crippen molar-refractivity contribution in [3.05, 3.63) is 76.8 Å². The molecule has 1 aliphatic rings. The molecule has 1 aliphatic heterocycles. The molecule has 2 amide bonds. The lowest BCUT2D eigenvalue weighted by molar-refractivity contribution is 0.0926. The number of nitrogens with zero attached hydrogens (tertiary/aromatic N) is 2. The fraction of sp³-hybridized carbons (Fsp3) is 0.0909. The van der Waals surface area contributed by atoms with E-state index in [0.717, 1.165) is 28.4 Å². The van der Waals surface area contributed by atoms with Crippen molar-refractivity contribution in [3.8, 4) is 0 Å². The van der Waals surface area contributed by atoms with E-state index in [1.165, 1.54) is 4.90 Å². The van der Waals surface area contributed by atoms with Crippen LogP contribution in [-0.2, 0) is 6.54 Å². The third-order valence-corrected chi connectivity index (χ3v) is 5.51. The zero-order valence-corrected chi connectivity index (χ0v) is 15.3. The molecule has 4 aromatic rings. The molecule has 0 saturated heterocycles. The normalized spacial score (nSPS) is 13.8. The summed E-state index contributed by atoms with van der Waals surface area (Å²) in [5.41, 5.74) is 3.40. The van der Waals surface area contributed by atoms with Crippen LogP contribution in [0.4, 0.5) is 5.69 Å². The SMILES string of the molecule is CCn1c2ccccc2c2cc(N3C(=O)c4cccc(Cl)c4C3=O)ccc21. The first-order valence-electron chi connectivity index (χ1n) is 8.80. The minimum atomic E-state index is -0.376. The van der Waals surface area contributed by atoms with Crippen molar-refractivity contribution in [2.24, 2.45) is 0 Å². The van der Waals surface area contributed by atoms with Gasteiger partial charge in [-0.3, -0.25) is 9.59 Å². The molecule has 3 aromatic carbocycles. The van der Waals surface area contributed by atoms with Gasteiger partial charge < -0.3 is 4.57 Å². The monoisotopic (exact) mass is 374 g/mol. The lowest BCUT2D eigenvalue weighted by atomic mass is 10.1. The van der Waals surface area contributed by atoms with Crippen LogP contribution in [0.1, 0.15) is 27.6 Å². The van der Waals surface area contributed by atoms with E-state index >= 15 is 0 Å². The molecule has 0 spiro atoms. The van der Waals surface area contributed by atoms with Crippen molar-refractivity contribution in [1.82, 2.24) is 4.57 Å². The predicted molar refractivity (Wildman–Crippen MR) is 108 cm³/mol. The number of rotatable bonds is 2. The first-order valence-corrected chi connectivity index (χ1v) is 9.18. The number of imide groups is 1. The molecule has 5 heteroatoms. The zero-order chi connectivity index (χ0) is 18.7. The Labute approximate surface area is 160 Å². The fourth-order valence-electron chi connectivity index (χ4n) is 4.00. The topological polar surface area (TPSA) is 42.3 Å². The number of amides is 2. The van der Waals surface area contributed by atoms with Crippen molar-refractivity contribution in [1.29, 1.82) is 0 Å². The largest absolute Gasteiger partial charge is 0.341 e. The van der Waals surface area contributed by atoms with Gasteiger partial charge in [-0.1, -0.05) is 35.9 Å². The Morgan fingerprint density at radius 2 is 1.63 bits per heavy atom. The Balaban J connectivity index is 1.73. The average molecular weight is 375 g/mol. The van der Waals surface area contributed by atoms with Crippen LogP contribution in [-0.4, -0.2) is 16.4 Å². The van der Waals surface area contributed by atoms with Crippen molar-refractivity contribution in [2.75, 3.05) is 4.90 Å². The molecule has 0 saturated carbocycles. The smallest absolute Gasteiger partial charge is 0.267 e. The molecule has 4 nitrogen and oxygen atoms in total. The summed E-state index contributed by atoms with van der Waals surface area (Å²) in [7, 11) is 0. The number of aryl methyl sites for hydroxylation is 1. The van der Waals surface area contributed by atoms with E-state index in [-0.39, 0.29) is 17.4 Å². The van der Waals surface area contributed by atoms with Crippen LogP contribution in [0.5, 0.6) is 0 Å². The Morgan fingerprint density at radius 1 is 0.852 bits per heavy atom. The highest BCUT2D eigenvalue weighted by Crippen LogP contribution is 2.36. The zero-order valence-electron chi connectivity index (χ0n) is 14.6. The number of hydrogen-bond donors (Lipinski definition) is 0. The van der Waals surface area contributed by atoms with Crippen LogP contribution in [0.2, 0.25) is 5.02 Å². The van der Waals surface area contributed by atoms with Crippen LogP contribution in [0.25, 0.3) is 21.8 Å². The van der Waals surface area contributed by atoms with Gasteiger partial charge in [0.2, 0.25) is 0 Å². The summed E-state index contributed by atoms with van der Waals surface area (Å²) in [5.74, 6) is -0.713. The van der Waals surface area contributed by atoms with E-state index < -0.39 is 0 Å². The Morgan fingerprint density at radius 3 is 2.41 bits per heavy atom. The van der Waals surface area contributed by atoms with Crippen molar-refractivity contribution < 1.29 is 9.59 Å². The molecule has 2 heterocycles. The number of carbonyl (C=O) groups is 2. The van der Waals surface area contributed by atoms with Crippen LogP contribution < -0.4 is 4.90 Å². The molecule has 0 unspecified atom stereocenters. The second-order valence-corrected chi connectivity index (χ2v) is 6.98. The molecule has 1 aromatic heterocycles. The van der Waals surface area contributed by atoms with Gasteiger partial charge in [0.25, 0.3) is 11.8 Å². The highest BCUT2D eigenvalue weighted by molar-refractivity contribution is 6.42. The van der Waals surface area contributed by atoms with Gasteiger partial charge in [0.1, 0.15) is 0 Å². The van der Waals surface area contributed by atoms with Crippen molar-refractivity contribution in [3.63, 3.8) is 0 Å². The van der Waals surface area contributed by atoms with Crippen molar-refractivity contribution >= 4 is 50.9 Å². The maximum absolute atomic E-state index is 12.9. The standard InChI is InChI=1S/C22H15ClN2O2/c1-2-24-18-9-4-3-6-14(18)16-12-13(10-11-19(16)24)25-21(26)15-7-5-8-17(23)20(15)22(25)27/h3-12H,2H2,1H3. The van der Waals surface area contributed by atoms with E-state index in [1.54, 1.807) is 18.2 Å². The lowest BCUT2D eigenvalue weighted by Gasteiger charge is -2.14. The van der Waals surface area contributed by atoms with Crippen LogP contribution in [0.3, 0.4) is 0 Å². The number of anilines is 1. The summed E-state index contributed by atoms with van der Waals surface area (Å²) in [4.78, 5) is 27.0. The molecule has 27 heavy (non-hydrogen) atoms. The quantitative estimate of drug-likeness (QED) is 0.448. The summed E-state index contributed by atoms with van der Waals surface area (Å²) in [5, 5.41) is 2.43. The number of para-hydroxylation sites is 1. The number of aromatic nitrogens is 1. The lowest BCUT2D eigenvalue weighted by Crippen LogP contribution is -2.29. The second kappa shape index (κ2) is 5.69. The van der Waals surface area contributed by atoms with Crippen LogP contribution in [0.15, 0.2) is 60.7 Å². The Bertz CT molecular complexity index is 1270. The maximum atomic E-state index is 12.9. The van der Waals surface area contributed by atoms with Gasteiger partial charge >= 0.3 is 0 Å². The summed E-state index contributed by atoms with van der Waals surface area (Å²) >= 11 is 6.17. The highest BCUT2D eigenvalue weighted by Gasteiger charge is 2.38. The number of benzene rings is 3. The van der Waals surface area contributed by atoms with Gasteiger partial charge in [-0.25, -0.2) is 4.90 Å². The van der Waals surface area contributed by atoms with E-state index in [9.17, 15) is 9.59 Å². The van der Waals surface area contributed by atoms with E-state index in [0.29, 0.717) is 16.3 Å². The summed E-state index contributed by atoms with van der Waals surface area (Å²) in [6.07, 6.45) is 0. The van der Waals surface area contributed by atoms with Crippen molar-refractivity contribution in [2.45, 2.75) is 13.5 Å². The number of halogens is 1. The highest BCUT2D eigenvalue weighted by atomic mass is 35.5. The molecule has 0 bridgehead atoms. The number of hydrogen-bond acceptors (Lipinski definition) is 2. The van der Waals surface area contributed by atoms with Gasteiger partial charge in [0.15, 0.2) is 0 Å². The van der Waals surface area contributed by atoms with Crippen LogP contribution >= 0.6 is 11.6 Å². The Hall–Kier alpha value is -3.11. The van der Waals surface area contributed by atoms with E-state index in [4.69, 9.17) is 11.6 Å². The third-order valence-electron chi connectivity index (χ3n) is 5.19. The first-order chi connectivity index (χ1) is 13.1. The third kappa shape index (κ3) is 2.10. The van der Waals surface area contributed by atoms with Crippen LogP contribution in [0, 0.1) is 0 Å². The molecule has 132 valence electrons. The van der Waals surface area contributed by atoms with Gasteiger partial charge in [-0.15, -0.1) is 0 Å². The molecular formula is C22H15ClN2O2. The molecular weight excluding hydrogens is 360 g/mol. The summed E-state index contributed by atoms with van der Waals surface area (Å²) in [6.45, 7) is 2.94. The molecule has 5 rings (SSSR count). The second-order valence-electron chi connectivity index (χ2n) is 6.57. The van der Waals surface area contributed by atoms with E-state index in [1.807, 2.05) is 30.3 Å². The minimum absolute atomic E-state index is 0.278. The molecule has 0 fully saturated rings. The first kappa shape index (κ1) is 16.1. The minimum Gasteiger partial charge on any atom is -0.341 e. The van der Waals surface area contributed by atoms with Gasteiger partial charge in [-0.2, -0.15) is 0 Å². The molecule has 0 radical (unpaired) electrons. The van der Waals surface area contributed by atoms with Gasteiger partial charge in [0, 0.05) is 28.4 Å². The fourth-order valence-corrected chi connectivity index (χ4v) is 4.26. The predicted octanol–water partition coefficient (Wildman–Crippen LogP) is 5.27. The molecule has 0 N–H and O–H groups in total. The summed E-state index contributed by atoms with van der Waals surface area (Å²) in [6, 6.07) is 18.8.